The van der Waals surface area contributed by atoms with Crippen LogP contribution in [0.15, 0.2) is 12.5 Å². The molecule has 2 N–H and O–H groups in total. The van der Waals surface area contributed by atoms with Gasteiger partial charge in [0.1, 0.15) is 6.61 Å². The number of hydrogen-bond donors (Lipinski definition) is 2. The van der Waals surface area contributed by atoms with Gasteiger partial charge in [-0.2, -0.15) is 0 Å². The number of likely N-dealkylation sites (tertiary alicyclic amines) is 4. The van der Waals surface area contributed by atoms with Gasteiger partial charge in [0.15, 0.2) is 5.88 Å². The van der Waals surface area contributed by atoms with E-state index in [9.17, 15) is 32.8 Å². The first-order valence-electron chi connectivity index (χ1n) is 13.9. The Bertz CT molecular complexity index is 722. The van der Waals surface area contributed by atoms with Crippen molar-refractivity contribution in [3.63, 3.8) is 0 Å². The minimum atomic E-state index is -2.79. The van der Waals surface area contributed by atoms with Gasteiger partial charge in [-0.05, 0) is 37.7 Å². The van der Waals surface area contributed by atoms with Crippen LogP contribution in [0.1, 0.15) is 54.9 Å². The molecule has 0 aromatic heterocycles. The zero-order valence-electron chi connectivity index (χ0n) is 24.6. The summed E-state index contributed by atoms with van der Waals surface area (Å²) in [4.78, 5) is 55.9. The lowest BCUT2D eigenvalue weighted by molar-refractivity contribution is -0.123. The van der Waals surface area contributed by atoms with Crippen molar-refractivity contribution in [3.05, 3.63) is 12.5 Å². The van der Waals surface area contributed by atoms with E-state index in [1.54, 1.807) is 19.6 Å². The molecule has 43 heavy (non-hydrogen) atoms. The van der Waals surface area contributed by atoms with Crippen molar-refractivity contribution < 1.29 is 37.5 Å². The lowest BCUT2D eigenvalue weighted by Crippen LogP contribution is -2.43. The highest BCUT2D eigenvalue weighted by atomic mass is 19.3. The number of nitrogens with one attached hydrogen (secondary N) is 2. The first-order valence-corrected chi connectivity index (χ1v) is 13.9. The number of alkyl halides is 2. The Balaban J connectivity index is -0.000000443. The summed E-state index contributed by atoms with van der Waals surface area (Å²) in [5.41, 5.74) is 0. The molecule has 5 amide bonds. The fourth-order valence-corrected chi connectivity index (χ4v) is 3.60. The molecule has 0 radical (unpaired) electrons. The minimum absolute atomic E-state index is 0. The van der Waals surface area contributed by atoms with E-state index < -0.39 is 12.5 Å². The number of ether oxygens (including phenoxy) is 1. The summed E-state index contributed by atoms with van der Waals surface area (Å²) in [6.45, 7) is 17.4. The van der Waals surface area contributed by atoms with E-state index >= 15 is 0 Å². The molecule has 14 heteroatoms. The van der Waals surface area contributed by atoms with Crippen LogP contribution in [0.2, 0.25) is 0 Å². The first-order chi connectivity index (χ1) is 19.5. The lowest BCUT2D eigenvalue weighted by atomic mass is 10.1. The Morgan fingerprint density at radius 1 is 0.814 bits per heavy atom. The van der Waals surface area contributed by atoms with Gasteiger partial charge in [-0.15, -0.1) is 0 Å². The van der Waals surface area contributed by atoms with E-state index in [0.717, 1.165) is 110 Å². The average molecular weight is 623 g/mol. The van der Waals surface area contributed by atoms with Crippen LogP contribution in [-0.2, 0) is 28.7 Å². The van der Waals surface area contributed by atoms with Crippen molar-refractivity contribution in [1.82, 2.24) is 30.2 Å². The van der Waals surface area contributed by atoms with Crippen molar-refractivity contribution in [2.75, 3.05) is 72.1 Å². The molecular formula is C29H56F2N6O6. The number of nitrogens with zero attached hydrogens (tertiary/aromatic N) is 4. The summed E-state index contributed by atoms with van der Waals surface area (Å²) in [7, 11) is 0. The topological polar surface area (TPSA) is 132 Å². The van der Waals surface area contributed by atoms with Crippen LogP contribution in [0.5, 0.6) is 0 Å². The van der Waals surface area contributed by atoms with Crippen LogP contribution in [0.25, 0.3) is 0 Å². The van der Waals surface area contributed by atoms with E-state index in [1.165, 1.54) is 19.3 Å². The van der Waals surface area contributed by atoms with Crippen LogP contribution < -0.4 is 10.6 Å². The number of halogens is 2. The van der Waals surface area contributed by atoms with Gasteiger partial charge < -0.3 is 35.0 Å². The van der Waals surface area contributed by atoms with Gasteiger partial charge in [0.25, 0.3) is 5.92 Å². The standard InChI is InChI=1S/3C5H9NO.C4H7F2NO.2C4H7NO.2CH4/c2*1-5-2-6(3-5)4-7;7-5-6-3-1-2-4-6;1-4(5,6)2-7-3-8;1-4-5-2-3-6-4;6-4-5-2-1-3-5;;/h2*4-5H,2-3H2,1H3;5H,1-4H2;3H,2H2,1H3,(H,7,8);5H,1-3H2;4H,1-3H2;2*1H4. The van der Waals surface area contributed by atoms with Crippen LogP contribution in [0.4, 0.5) is 8.78 Å². The molecule has 252 valence electrons. The molecule has 5 heterocycles. The zero-order chi connectivity index (χ0) is 31.1. The number of carbonyl (C=O) groups excluding carboxylic acids is 5. The molecule has 5 saturated heterocycles. The molecule has 0 unspecified atom stereocenters. The summed E-state index contributed by atoms with van der Waals surface area (Å²) in [5.74, 6) is -0.605. The molecule has 0 atom stereocenters. The SMILES string of the molecule is C.C.C=C1NCCO1.CC(F)(F)CNC=O.CC1CN(C=O)C1.CC1CN(C=O)C1.O=CN1CCC1.O=CN1CCCC1. The Hall–Kier alpha value is -3.45. The van der Waals surface area contributed by atoms with E-state index in [0.29, 0.717) is 5.88 Å². The molecule has 5 fully saturated rings. The van der Waals surface area contributed by atoms with Crippen LogP contribution in [0, 0.1) is 11.8 Å². The van der Waals surface area contributed by atoms with Gasteiger partial charge in [-0.1, -0.05) is 28.7 Å². The Morgan fingerprint density at radius 2 is 1.21 bits per heavy atom. The van der Waals surface area contributed by atoms with Crippen LogP contribution in [0.3, 0.4) is 0 Å². The first kappa shape index (κ1) is 44.0. The molecule has 0 aromatic rings. The lowest BCUT2D eigenvalue weighted by Gasteiger charge is -2.33. The summed E-state index contributed by atoms with van der Waals surface area (Å²) in [5, 5.41) is 4.76. The molecule has 0 spiro atoms. The normalized spacial score (nSPS) is 17.8. The number of amides is 5. The maximum atomic E-state index is 11.7. The van der Waals surface area contributed by atoms with Gasteiger partial charge >= 0.3 is 0 Å². The van der Waals surface area contributed by atoms with Crippen molar-refractivity contribution in [2.45, 2.75) is 60.8 Å². The second-order valence-corrected chi connectivity index (χ2v) is 10.4. The Labute approximate surface area is 257 Å². The van der Waals surface area contributed by atoms with Crippen molar-refractivity contribution in [1.29, 1.82) is 0 Å². The Morgan fingerprint density at radius 3 is 1.33 bits per heavy atom. The van der Waals surface area contributed by atoms with E-state index in [2.05, 4.69) is 25.7 Å². The van der Waals surface area contributed by atoms with Gasteiger partial charge in [0, 0.05) is 59.3 Å². The zero-order valence-corrected chi connectivity index (χ0v) is 24.6. The monoisotopic (exact) mass is 622 g/mol. The van der Waals surface area contributed by atoms with E-state index in [-0.39, 0.29) is 21.3 Å². The molecule has 0 saturated carbocycles. The summed E-state index contributed by atoms with van der Waals surface area (Å²) in [6, 6.07) is 0. The predicted octanol–water partition coefficient (Wildman–Crippen LogP) is 2.01. The van der Waals surface area contributed by atoms with Gasteiger partial charge in [0.05, 0.1) is 13.1 Å². The highest BCUT2D eigenvalue weighted by molar-refractivity contribution is 5.49. The van der Waals surface area contributed by atoms with Crippen molar-refractivity contribution in [2.24, 2.45) is 11.8 Å². The smallest absolute Gasteiger partial charge is 0.262 e. The fourth-order valence-electron chi connectivity index (χ4n) is 3.60. The quantitative estimate of drug-likeness (QED) is 0.416. The summed E-state index contributed by atoms with van der Waals surface area (Å²) in [6.07, 6.45) is 7.45. The Kier molecular flexibility index (Phi) is 26.8. The predicted molar refractivity (Wildman–Crippen MR) is 164 cm³/mol. The second-order valence-electron chi connectivity index (χ2n) is 10.4. The fraction of sp³-hybridized carbons (Fsp3) is 0.759. The molecule has 5 aliphatic rings. The molecule has 0 bridgehead atoms. The van der Waals surface area contributed by atoms with Gasteiger partial charge in [-0.3, -0.25) is 24.0 Å². The number of hydrogen-bond acceptors (Lipinski definition) is 7. The van der Waals surface area contributed by atoms with Gasteiger partial charge in [0.2, 0.25) is 32.1 Å². The molecule has 5 aliphatic heterocycles. The second kappa shape index (κ2) is 26.2. The van der Waals surface area contributed by atoms with E-state index in [4.69, 9.17) is 4.74 Å². The van der Waals surface area contributed by atoms with Crippen molar-refractivity contribution in [3.8, 4) is 0 Å². The molecule has 5 rings (SSSR count). The van der Waals surface area contributed by atoms with Crippen LogP contribution >= 0.6 is 0 Å². The largest absolute Gasteiger partial charge is 0.478 e. The molecule has 12 nitrogen and oxygen atoms in total. The van der Waals surface area contributed by atoms with Crippen molar-refractivity contribution >= 4 is 32.1 Å². The average Bonchev–Trinajstić information content (AvgIpc) is 3.58. The highest BCUT2D eigenvalue weighted by Gasteiger charge is 2.20. The van der Waals surface area contributed by atoms with Crippen LogP contribution in [-0.4, -0.2) is 130 Å². The molecule has 0 aliphatic carbocycles. The highest BCUT2D eigenvalue weighted by Crippen LogP contribution is 2.11. The molecular weight excluding hydrogens is 566 g/mol. The summed E-state index contributed by atoms with van der Waals surface area (Å²) >= 11 is 0. The number of carbonyl (C=O) groups is 5. The molecule has 0 aromatic carbocycles. The maximum Gasteiger partial charge on any atom is 0.262 e. The van der Waals surface area contributed by atoms with E-state index in [1.807, 2.05) is 5.32 Å². The third-order valence-electron chi connectivity index (χ3n) is 6.01. The third-order valence-corrected chi connectivity index (χ3v) is 6.01. The third kappa shape index (κ3) is 24.8. The summed E-state index contributed by atoms with van der Waals surface area (Å²) < 4.78 is 28.2. The maximum absolute atomic E-state index is 11.7. The minimum Gasteiger partial charge on any atom is -0.478 e. The van der Waals surface area contributed by atoms with Gasteiger partial charge in [-0.25, -0.2) is 8.78 Å². The number of rotatable bonds is 7.